The zero-order valence-corrected chi connectivity index (χ0v) is 16.1. The van der Waals surface area contributed by atoms with E-state index in [2.05, 4.69) is 29.6 Å². The molecule has 1 aromatic carbocycles. The van der Waals surface area contributed by atoms with Gasteiger partial charge in [-0.1, -0.05) is 18.2 Å². The lowest BCUT2D eigenvalue weighted by molar-refractivity contribution is 0.0659. The first kappa shape index (κ1) is 18.9. The van der Waals surface area contributed by atoms with Crippen LogP contribution in [0.4, 0.5) is 0 Å². The maximum absolute atomic E-state index is 12.8. The number of amides is 1. The molecule has 3 N–H and O–H groups in total. The molecule has 2 aromatic rings. The summed E-state index contributed by atoms with van der Waals surface area (Å²) in [4.78, 5) is 12.8. The van der Waals surface area contributed by atoms with Crippen molar-refractivity contribution in [3.05, 3.63) is 30.0 Å². The lowest BCUT2D eigenvalue weighted by Crippen LogP contribution is -2.36. The first-order chi connectivity index (χ1) is 12.2. The van der Waals surface area contributed by atoms with Gasteiger partial charge in [-0.05, 0) is 53.0 Å². The molecule has 1 aliphatic rings. The van der Waals surface area contributed by atoms with E-state index in [1.807, 2.05) is 42.8 Å². The Kier molecular flexibility index (Phi) is 5.34. The number of hydrogen-bond donors (Lipinski definition) is 3. The van der Waals surface area contributed by atoms with Crippen LogP contribution in [0.1, 0.15) is 63.5 Å². The Morgan fingerprint density at radius 2 is 2.15 bits per heavy atom. The summed E-state index contributed by atoms with van der Waals surface area (Å²) in [7, 11) is 0. The van der Waals surface area contributed by atoms with Crippen LogP contribution in [0.3, 0.4) is 0 Å². The number of aromatic nitrogens is 2. The lowest BCUT2D eigenvalue weighted by Gasteiger charge is -2.19. The summed E-state index contributed by atoms with van der Waals surface area (Å²) in [6.07, 6.45) is 2.53. The van der Waals surface area contributed by atoms with Gasteiger partial charge < -0.3 is 15.7 Å². The second-order valence-corrected chi connectivity index (χ2v) is 8.27. The van der Waals surface area contributed by atoms with Crippen molar-refractivity contribution in [1.29, 1.82) is 0 Å². The van der Waals surface area contributed by atoms with E-state index in [9.17, 15) is 9.90 Å². The number of fused-ring (bicyclic) bond motifs is 1. The van der Waals surface area contributed by atoms with E-state index in [0.717, 1.165) is 36.7 Å². The third-order valence-corrected chi connectivity index (χ3v) is 4.98. The summed E-state index contributed by atoms with van der Waals surface area (Å²) < 4.78 is 1.91. The van der Waals surface area contributed by atoms with Crippen molar-refractivity contribution in [1.82, 2.24) is 20.4 Å². The van der Waals surface area contributed by atoms with Gasteiger partial charge in [-0.25, -0.2) is 0 Å². The van der Waals surface area contributed by atoms with Gasteiger partial charge in [-0.2, -0.15) is 5.10 Å². The number of nitrogens with zero attached hydrogens (tertiary/aromatic N) is 2. The number of para-hydroxylation sites is 1. The summed E-state index contributed by atoms with van der Waals surface area (Å²) in [6.45, 7) is 8.55. The molecular formula is C20H30N4O2. The molecule has 0 bridgehead atoms. The first-order valence-electron chi connectivity index (χ1n) is 9.48. The summed E-state index contributed by atoms with van der Waals surface area (Å²) in [5.74, 6) is -0.115. The van der Waals surface area contributed by atoms with Gasteiger partial charge in [0, 0.05) is 30.1 Å². The second kappa shape index (κ2) is 7.37. The zero-order chi connectivity index (χ0) is 18.9. The Morgan fingerprint density at radius 1 is 1.42 bits per heavy atom. The van der Waals surface area contributed by atoms with E-state index < -0.39 is 5.60 Å². The van der Waals surface area contributed by atoms with E-state index in [1.54, 1.807) is 0 Å². The number of benzene rings is 1. The molecule has 2 heterocycles. The Hall–Kier alpha value is -1.92. The van der Waals surface area contributed by atoms with Crippen LogP contribution in [-0.2, 0) is 0 Å². The van der Waals surface area contributed by atoms with Crippen molar-refractivity contribution in [2.75, 3.05) is 6.54 Å². The van der Waals surface area contributed by atoms with Crippen LogP contribution in [0, 0.1) is 0 Å². The highest BCUT2D eigenvalue weighted by Gasteiger charge is 2.28. The van der Waals surface area contributed by atoms with Gasteiger partial charge in [0.1, 0.15) is 0 Å². The van der Waals surface area contributed by atoms with Crippen LogP contribution in [0.15, 0.2) is 24.3 Å². The highest BCUT2D eigenvalue weighted by molar-refractivity contribution is 6.05. The standard InChI is InChI=1S/C20H30N4O2/c1-13(2)24-17-8-6-5-7-16(17)18(23-24)19(25)22-15-11-14(21-12-15)9-10-20(3,4)26/h5-8,13-15,21,26H,9-12H2,1-4H3,(H,22,25)/t14-,15+/m1/s1. The van der Waals surface area contributed by atoms with Crippen LogP contribution in [0.2, 0.25) is 0 Å². The van der Waals surface area contributed by atoms with E-state index in [0.29, 0.717) is 11.7 Å². The number of carbonyl (C=O) groups is 1. The molecule has 6 heteroatoms. The zero-order valence-electron chi connectivity index (χ0n) is 16.1. The fourth-order valence-corrected chi connectivity index (χ4v) is 3.58. The maximum atomic E-state index is 12.8. The Balaban J connectivity index is 1.67. The van der Waals surface area contributed by atoms with Gasteiger partial charge >= 0.3 is 0 Å². The smallest absolute Gasteiger partial charge is 0.272 e. The number of nitrogens with one attached hydrogen (secondary N) is 2. The van der Waals surface area contributed by atoms with Crippen molar-refractivity contribution in [2.24, 2.45) is 0 Å². The third-order valence-electron chi connectivity index (χ3n) is 4.98. The second-order valence-electron chi connectivity index (χ2n) is 8.27. The summed E-state index contributed by atoms with van der Waals surface area (Å²) in [5, 5.41) is 21.9. The maximum Gasteiger partial charge on any atom is 0.272 e. The minimum absolute atomic E-state index is 0.0947. The van der Waals surface area contributed by atoms with Crippen molar-refractivity contribution >= 4 is 16.8 Å². The van der Waals surface area contributed by atoms with Crippen molar-refractivity contribution in [2.45, 2.75) is 70.7 Å². The Labute approximate surface area is 155 Å². The highest BCUT2D eigenvalue weighted by atomic mass is 16.3. The number of aliphatic hydroxyl groups is 1. The molecular weight excluding hydrogens is 328 g/mol. The molecule has 1 amide bonds. The van der Waals surface area contributed by atoms with Gasteiger partial charge in [0.2, 0.25) is 0 Å². The van der Waals surface area contributed by atoms with Crippen LogP contribution in [0.25, 0.3) is 10.9 Å². The van der Waals surface area contributed by atoms with Crippen molar-refractivity contribution in [3.63, 3.8) is 0 Å². The first-order valence-corrected chi connectivity index (χ1v) is 9.48. The molecule has 0 saturated carbocycles. The van der Waals surface area contributed by atoms with Crippen LogP contribution in [-0.4, -0.2) is 45.0 Å². The SMILES string of the molecule is CC(C)n1nc(C(=O)N[C@@H]2CN[C@H](CCC(C)(C)O)C2)c2ccccc21. The highest BCUT2D eigenvalue weighted by Crippen LogP contribution is 2.22. The molecule has 1 saturated heterocycles. The predicted molar refractivity (Wildman–Crippen MR) is 103 cm³/mol. The van der Waals surface area contributed by atoms with Crippen molar-refractivity contribution in [3.8, 4) is 0 Å². The van der Waals surface area contributed by atoms with Gasteiger partial charge in [0.05, 0.1) is 11.1 Å². The number of hydrogen-bond acceptors (Lipinski definition) is 4. The van der Waals surface area contributed by atoms with Gasteiger partial charge in [-0.3, -0.25) is 9.48 Å². The van der Waals surface area contributed by atoms with Crippen molar-refractivity contribution < 1.29 is 9.90 Å². The van der Waals surface area contributed by atoms with Gasteiger partial charge in [0.15, 0.2) is 5.69 Å². The third kappa shape index (κ3) is 4.24. The van der Waals surface area contributed by atoms with E-state index in [4.69, 9.17) is 0 Å². The molecule has 1 aromatic heterocycles. The molecule has 3 rings (SSSR count). The average molecular weight is 358 g/mol. The van der Waals surface area contributed by atoms with Crippen LogP contribution < -0.4 is 10.6 Å². The number of carbonyl (C=O) groups excluding carboxylic acids is 1. The molecule has 26 heavy (non-hydrogen) atoms. The topological polar surface area (TPSA) is 79.2 Å². The van der Waals surface area contributed by atoms with E-state index in [1.165, 1.54) is 0 Å². The molecule has 0 radical (unpaired) electrons. The molecule has 142 valence electrons. The fourth-order valence-electron chi connectivity index (χ4n) is 3.58. The quantitative estimate of drug-likeness (QED) is 0.742. The minimum atomic E-state index is -0.647. The molecule has 2 atom stereocenters. The fraction of sp³-hybridized carbons (Fsp3) is 0.600. The van der Waals surface area contributed by atoms with Crippen LogP contribution in [0.5, 0.6) is 0 Å². The van der Waals surface area contributed by atoms with Gasteiger partial charge in [-0.15, -0.1) is 0 Å². The normalized spacial score (nSPS) is 20.8. The largest absolute Gasteiger partial charge is 0.390 e. The summed E-state index contributed by atoms with van der Waals surface area (Å²) >= 11 is 0. The van der Waals surface area contributed by atoms with E-state index in [-0.39, 0.29) is 18.0 Å². The van der Waals surface area contributed by atoms with E-state index >= 15 is 0 Å². The summed E-state index contributed by atoms with van der Waals surface area (Å²) in [5.41, 5.74) is 0.834. The molecule has 0 spiro atoms. The summed E-state index contributed by atoms with van der Waals surface area (Å²) in [6, 6.07) is 8.49. The lowest BCUT2D eigenvalue weighted by atomic mass is 9.98. The van der Waals surface area contributed by atoms with Gasteiger partial charge in [0.25, 0.3) is 5.91 Å². The minimum Gasteiger partial charge on any atom is -0.390 e. The average Bonchev–Trinajstić information content (AvgIpc) is 3.16. The monoisotopic (exact) mass is 358 g/mol. The molecule has 1 fully saturated rings. The molecule has 6 nitrogen and oxygen atoms in total. The Morgan fingerprint density at radius 3 is 2.85 bits per heavy atom. The molecule has 0 unspecified atom stereocenters. The molecule has 0 aliphatic carbocycles. The number of rotatable bonds is 6. The predicted octanol–water partition coefficient (Wildman–Crippen LogP) is 2.63. The Bertz CT molecular complexity index is 776. The van der Waals surface area contributed by atoms with Crippen LogP contribution >= 0.6 is 0 Å². The molecule has 1 aliphatic heterocycles.